The molecule has 0 aliphatic carbocycles. The number of ether oxygens (including phenoxy) is 2. The summed E-state index contributed by atoms with van der Waals surface area (Å²) in [5.74, 6) is 1.65. The fourth-order valence-electron chi connectivity index (χ4n) is 4.45. The number of hydrogen-bond acceptors (Lipinski definition) is 4. The maximum Gasteiger partial charge on any atom is 0.326 e. The van der Waals surface area contributed by atoms with Crippen LogP contribution in [0.3, 0.4) is 0 Å². The van der Waals surface area contributed by atoms with E-state index in [0.29, 0.717) is 11.6 Å². The summed E-state index contributed by atoms with van der Waals surface area (Å²) in [4.78, 5) is 17.9. The van der Waals surface area contributed by atoms with Gasteiger partial charge in [-0.2, -0.15) is 0 Å². The van der Waals surface area contributed by atoms with Gasteiger partial charge in [0.15, 0.2) is 11.5 Å². The van der Waals surface area contributed by atoms with Crippen LogP contribution in [0, 0.1) is 6.92 Å². The van der Waals surface area contributed by atoms with Gasteiger partial charge in [0.25, 0.3) is 0 Å². The van der Waals surface area contributed by atoms with E-state index >= 15 is 0 Å². The molecule has 29 heavy (non-hydrogen) atoms. The highest BCUT2D eigenvalue weighted by molar-refractivity contribution is 6.34. The van der Waals surface area contributed by atoms with Gasteiger partial charge in [0, 0.05) is 25.7 Å². The van der Waals surface area contributed by atoms with Crippen LogP contribution in [0.1, 0.15) is 24.4 Å². The van der Waals surface area contributed by atoms with Gasteiger partial charge in [0.2, 0.25) is 0 Å². The first-order valence-electron chi connectivity index (χ1n) is 10.1. The predicted molar refractivity (Wildman–Crippen MR) is 113 cm³/mol. The van der Waals surface area contributed by atoms with Crippen molar-refractivity contribution in [2.45, 2.75) is 31.9 Å². The number of fused-ring (bicyclic) bond motifs is 2. The molecule has 2 aliphatic rings. The van der Waals surface area contributed by atoms with Crippen molar-refractivity contribution in [1.82, 2.24) is 14.5 Å². The number of aromatic amines is 1. The Morgan fingerprint density at radius 2 is 2.00 bits per heavy atom. The zero-order chi connectivity index (χ0) is 20.0. The third-order valence-corrected chi connectivity index (χ3v) is 6.19. The van der Waals surface area contributed by atoms with E-state index in [4.69, 9.17) is 21.1 Å². The molecule has 6 nitrogen and oxygen atoms in total. The predicted octanol–water partition coefficient (Wildman–Crippen LogP) is 3.77. The van der Waals surface area contributed by atoms with Crippen molar-refractivity contribution in [2.24, 2.45) is 0 Å². The van der Waals surface area contributed by atoms with Crippen LogP contribution < -0.4 is 15.2 Å². The van der Waals surface area contributed by atoms with Gasteiger partial charge >= 0.3 is 5.69 Å². The number of para-hydroxylation sites is 1. The second-order valence-corrected chi connectivity index (χ2v) is 8.38. The van der Waals surface area contributed by atoms with Gasteiger partial charge in [-0.1, -0.05) is 23.7 Å². The Morgan fingerprint density at radius 3 is 2.83 bits per heavy atom. The van der Waals surface area contributed by atoms with E-state index in [1.54, 1.807) is 0 Å². The van der Waals surface area contributed by atoms with E-state index in [-0.39, 0.29) is 17.8 Å². The molecule has 1 aromatic heterocycles. The monoisotopic (exact) mass is 413 g/mol. The molecule has 0 saturated carbocycles. The first kappa shape index (κ1) is 18.6. The molecular formula is C22H24ClN3O3. The molecule has 0 bridgehead atoms. The summed E-state index contributed by atoms with van der Waals surface area (Å²) in [6.45, 7) is 5.26. The standard InChI is InChI=1S/C22H24ClN3O3/c1-14-5-6-19-20(11-14)29-16(13-28-19)12-25-9-7-15(8-10-25)26-21-17(23)3-2-4-18(21)24-22(26)27/h2-6,11,15-16H,7-10,12-13H2,1H3,(H,24,27). The molecule has 1 fully saturated rings. The third kappa shape index (κ3) is 3.51. The summed E-state index contributed by atoms with van der Waals surface area (Å²) in [6.07, 6.45) is 1.83. The van der Waals surface area contributed by atoms with E-state index in [0.717, 1.165) is 60.6 Å². The van der Waals surface area contributed by atoms with Gasteiger partial charge in [0.05, 0.1) is 16.1 Å². The molecule has 2 aromatic carbocycles. The largest absolute Gasteiger partial charge is 0.486 e. The molecule has 0 radical (unpaired) electrons. The molecular weight excluding hydrogens is 390 g/mol. The second-order valence-electron chi connectivity index (χ2n) is 7.97. The highest BCUT2D eigenvalue weighted by atomic mass is 35.5. The quantitative estimate of drug-likeness (QED) is 0.710. The average molecular weight is 414 g/mol. The number of H-pyrrole nitrogens is 1. The maximum atomic E-state index is 12.5. The second kappa shape index (κ2) is 7.43. The first-order chi connectivity index (χ1) is 14.1. The van der Waals surface area contributed by atoms with Crippen molar-refractivity contribution in [1.29, 1.82) is 0 Å². The van der Waals surface area contributed by atoms with Crippen LogP contribution in [0.25, 0.3) is 11.0 Å². The molecule has 7 heteroatoms. The minimum atomic E-state index is -0.0810. The Balaban J connectivity index is 1.25. The van der Waals surface area contributed by atoms with Crippen molar-refractivity contribution >= 4 is 22.6 Å². The lowest BCUT2D eigenvalue weighted by atomic mass is 10.0. The number of aromatic nitrogens is 2. The van der Waals surface area contributed by atoms with E-state index in [2.05, 4.69) is 16.8 Å². The summed E-state index contributed by atoms with van der Waals surface area (Å²) in [7, 11) is 0. The molecule has 1 unspecified atom stereocenters. The van der Waals surface area contributed by atoms with Crippen LogP contribution in [-0.4, -0.2) is 46.8 Å². The SMILES string of the molecule is Cc1ccc2c(c1)OC(CN1CCC(n3c(=O)[nH]c4cccc(Cl)c43)CC1)CO2. The van der Waals surface area contributed by atoms with Crippen molar-refractivity contribution in [2.75, 3.05) is 26.2 Å². The highest BCUT2D eigenvalue weighted by Crippen LogP contribution is 2.33. The molecule has 3 heterocycles. The number of rotatable bonds is 3. The Labute approximate surface area is 174 Å². The lowest BCUT2D eigenvalue weighted by molar-refractivity contribution is 0.0485. The smallest absolute Gasteiger partial charge is 0.326 e. The normalized spacial score (nSPS) is 20.3. The summed E-state index contributed by atoms with van der Waals surface area (Å²) in [6, 6.07) is 11.8. The van der Waals surface area contributed by atoms with Crippen LogP contribution in [0.15, 0.2) is 41.2 Å². The van der Waals surface area contributed by atoms with E-state index in [9.17, 15) is 4.79 Å². The molecule has 0 spiro atoms. The number of halogens is 1. The molecule has 1 saturated heterocycles. The lowest BCUT2D eigenvalue weighted by Crippen LogP contribution is -2.45. The third-order valence-electron chi connectivity index (χ3n) is 5.89. The fourth-order valence-corrected chi connectivity index (χ4v) is 4.71. The maximum absolute atomic E-state index is 12.5. The lowest BCUT2D eigenvalue weighted by Gasteiger charge is -2.36. The van der Waals surface area contributed by atoms with Gasteiger partial charge in [-0.05, 0) is 49.6 Å². The van der Waals surface area contributed by atoms with E-state index < -0.39 is 0 Å². The number of nitrogens with zero attached hydrogens (tertiary/aromatic N) is 2. The number of hydrogen-bond donors (Lipinski definition) is 1. The number of aryl methyl sites for hydroxylation is 1. The van der Waals surface area contributed by atoms with Gasteiger partial charge in [-0.15, -0.1) is 0 Å². The van der Waals surface area contributed by atoms with Crippen molar-refractivity contribution in [3.05, 3.63) is 57.5 Å². The van der Waals surface area contributed by atoms with Crippen LogP contribution in [0.2, 0.25) is 5.02 Å². The zero-order valence-corrected chi connectivity index (χ0v) is 17.1. The van der Waals surface area contributed by atoms with Crippen molar-refractivity contribution < 1.29 is 9.47 Å². The summed E-state index contributed by atoms with van der Waals surface area (Å²) >= 11 is 6.38. The Kier molecular flexibility index (Phi) is 4.76. The number of imidazole rings is 1. The van der Waals surface area contributed by atoms with Crippen LogP contribution >= 0.6 is 11.6 Å². The van der Waals surface area contributed by atoms with Crippen molar-refractivity contribution in [3.8, 4) is 11.5 Å². The van der Waals surface area contributed by atoms with E-state index in [1.165, 1.54) is 0 Å². The van der Waals surface area contributed by atoms with Crippen molar-refractivity contribution in [3.63, 3.8) is 0 Å². The van der Waals surface area contributed by atoms with Crippen LogP contribution in [0.5, 0.6) is 11.5 Å². The van der Waals surface area contributed by atoms with Crippen LogP contribution in [-0.2, 0) is 0 Å². The minimum Gasteiger partial charge on any atom is -0.486 e. The topological polar surface area (TPSA) is 59.5 Å². The molecule has 0 amide bonds. The molecule has 2 aliphatic heterocycles. The average Bonchev–Trinajstić information content (AvgIpc) is 3.05. The number of nitrogens with one attached hydrogen (secondary N) is 1. The summed E-state index contributed by atoms with van der Waals surface area (Å²) < 4.78 is 13.9. The van der Waals surface area contributed by atoms with E-state index in [1.807, 2.05) is 41.0 Å². The van der Waals surface area contributed by atoms with Crippen LogP contribution in [0.4, 0.5) is 0 Å². The van der Waals surface area contributed by atoms with Gasteiger partial charge < -0.3 is 14.5 Å². The Bertz CT molecular complexity index is 1100. The van der Waals surface area contributed by atoms with Gasteiger partial charge in [-0.25, -0.2) is 4.79 Å². The fraction of sp³-hybridized carbons (Fsp3) is 0.409. The summed E-state index contributed by atoms with van der Waals surface area (Å²) in [5.41, 5.74) is 2.69. The number of benzene rings is 2. The minimum absolute atomic E-state index is 0.0195. The molecule has 1 N–H and O–H groups in total. The number of piperidine rings is 1. The molecule has 5 rings (SSSR count). The Hall–Kier alpha value is -2.44. The highest BCUT2D eigenvalue weighted by Gasteiger charge is 2.28. The molecule has 152 valence electrons. The van der Waals surface area contributed by atoms with Gasteiger partial charge in [-0.3, -0.25) is 9.47 Å². The first-order valence-corrected chi connectivity index (χ1v) is 10.5. The Morgan fingerprint density at radius 1 is 1.17 bits per heavy atom. The number of likely N-dealkylation sites (tertiary alicyclic amines) is 1. The summed E-state index contributed by atoms with van der Waals surface area (Å²) in [5, 5.41) is 0.616. The zero-order valence-electron chi connectivity index (χ0n) is 16.4. The van der Waals surface area contributed by atoms with Gasteiger partial charge in [0.1, 0.15) is 12.7 Å². The molecule has 3 aromatic rings. The molecule has 1 atom stereocenters.